The topological polar surface area (TPSA) is 38.3 Å². The Kier molecular flexibility index (Phi) is 3.25. The van der Waals surface area contributed by atoms with Crippen molar-refractivity contribution in [1.29, 1.82) is 0 Å². The first-order chi connectivity index (χ1) is 7.70. The lowest BCUT2D eigenvalue weighted by molar-refractivity contribution is 0.0945. The minimum Gasteiger partial charge on any atom is -0.497 e. The van der Waals surface area contributed by atoms with E-state index in [9.17, 15) is 4.79 Å². The van der Waals surface area contributed by atoms with E-state index >= 15 is 0 Å². The molecular weight excluding hydrogens is 202 g/mol. The number of carbonyl (C=O) groups excluding carboxylic acids is 1. The molecule has 16 heavy (non-hydrogen) atoms. The van der Waals surface area contributed by atoms with Crippen LogP contribution in [0.5, 0.6) is 5.75 Å². The van der Waals surface area contributed by atoms with Crippen molar-refractivity contribution in [3.8, 4) is 5.75 Å². The first-order valence-electron chi connectivity index (χ1n) is 5.59. The summed E-state index contributed by atoms with van der Waals surface area (Å²) in [5.41, 5.74) is 1.82. The summed E-state index contributed by atoms with van der Waals surface area (Å²) in [7, 11) is 1.64. The molecule has 1 heterocycles. The van der Waals surface area contributed by atoms with Crippen molar-refractivity contribution in [2.75, 3.05) is 20.2 Å². The summed E-state index contributed by atoms with van der Waals surface area (Å²) in [6.07, 6.45) is 0.653. The van der Waals surface area contributed by atoms with Crippen LogP contribution in [0.4, 0.5) is 0 Å². The number of benzene rings is 1. The third-order valence-electron chi connectivity index (χ3n) is 3.07. The lowest BCUT2D eigenvalue weighted by Gasteiger charge is -2.26. The van der Waals surface area contributed by atoms with Crippen LogP contribution in [0.3, 0.4) is 0 Å². The van der Waals surface area contributed by atoms with E-state index in [1.165, 1.54) is 0 Å². The van der Waals surface area contributed by atoms with Gasteiger partial charge in [-0.05, 0) is 49.7 Å². The zero-order chi connectivity index (χ0) is 11.5. The van der Waals surface area contributed by atoms with Gasteiger partial charge < -0.3 is 10.1 Å². The number of rotatable bonds is 4. The number of aryl methyl sites for hydroxylation is 1. The Balaban J connectivity index is 2.09. The quantitative estimate of drug-likeness (QED) is 0.785. The van der Waals surface area contributed by atoms with Crippen LogP contribution < -0.4 is 10.1 Å². The fraction of sp³-hybridized carbons (Fsp3) is 0.462. The fourth-order valence-electron chi connectivity index (χ4n) is 1.94. The minimum atomic E-state index is 0.242. The highest BCUT2D eigenvalue weighted by Gasteiger charge is 2.21. The predicted molar refractivity (Wildman–Crippen MR) is 63.0 cm³/mol. The lowest BCUT2D eigenvalue weighted by Crippen LogP contribution is -2.43. The van der Waals surface area contributed by atoms with E-state index in [0.29, 0.717) is 12.3 Å². The van der Waals surface area contributed by atoms with Crippen molar-refractivity contribution < 1.29 is 9.53 Å². The highest BCUT2D eigenvalue weighted by Crippen LogP contribution is 2.20. The molecule has 1 saturated heterocycles. The Labute approximate surface area is 95.8 Å². The van der Waals surface area contributed by atoms with Gasteiger partial charge in [-0.15, -0.1) is 0 Å². The largest absolute Gasteiger partial charge is 0.497 e. The van der Waals surface area contributed by atoms with E-state index in [2.05, 4.69) is 5.32 Å². The Hall–Kier alpha value is -1.35. The van der Waals surface area contributed by atoms with Crippen LogP contribution in [0.15, 0.2) is 18.2 Å². The van der Waals surface area contributed by atoms with Gasteiger partial charge in [-0.25, -0.2) is 0 Å². The van der Waals surface area contributed by atoms with Gasteiger partial charge in [-0.1, -0.05) is 0 Å². The van der Waals surface area contributed by atoms with E-state index in [0.717, 1.165) is 30.0 Å². The highest BCUT2D eigenvalue weighted by molar-refractivity contribution is 5.97. The van der Waals surface area contributed by atoms with Gasteiger partial charge >= 0.3 is 0 Å². The number of ether oxygens (including phenoxy) is 1. The summed E-state index contributed by atoms with van der Waals surface area (Å²) in [5.74, 6) is 1.57. The van der Waals surface area contributed by atoms with Gasteiger partial charge in [0.25, 0.3) is 0 Å². The first-order valence-corrected chi connectivity index (χ1v) is 5.59. The highest BCUT2D eigenvalue weighted by atomic mass is 16.5. The summed E-state index contributed by atoms with van der Waals surface area (Å²) >= 11 is 0. The minimum absolute atomic E-state index is 0.242. The van der Waals surface area contributed by atoms with Gasteiger partial charge in [0, 0.05) is 12.0 Å². The summed E-state index contributed by atoms with van der Waals surface area (Å²) in [4.78, 5) is 12.0. The van der Waals surface area contributed by atoms with Gasteiger partial charge in [0.15, 0.2) is 5.78 Å². The second-order valence-electron chi connectivity index (χ2n) is 4.33. The summed E-state index contributed by atoms with van der Waals surface area (Å²) in [6.45, 7) is 3.90. The SMILES string of the molecule is COc1ccc(C(=O)CC2CNC2)c(C)c1. The predicted octanol–water partition coefficient (Wildman–Crippen LogP) is 1.80. The molecule has 3 heteroatoms. The number of carbonyl (C=O) groups is 1. The molecule has 0 bridgehead atoms. The molecule has 0 amide bonds. The van der Waals surface area contributed by atoms with Crippen LogP contribution >= 0.6 is 0 Å². The molecule has 0 radical (unpaired) electrons. The molecule has 1 aromatic carbocycles. The van der Waals surface area contributed by atoms with Gasteiger partial charge in [-0.3, -0.25) is 4.79 Å². The van der Waals surface area contributed by atoms with Gasteiger partial charge in [0.05, 0.1) is 7.11 Å². The Morgan fingerprint density at radius 1 is 1.50 bits per heavy atom. The monoisotopic (exact) mass is 219 g/mol. The van der Waals surface area contributed by atoms with Crippen LogP contribution in [-0.2, 0) is 0 Å². The molecule has 0 atom stereocenters. The number of hydrogen-bond acceptors (Lipinski definition) is 3. The first kappa shape index (κ1) is 11.1. The third kappa shape index (κ3) is 2.25. The van der Waals surface area contributed by atoms with Crippen LogP contribution in [0, 0.1) is 12.8 Å². The molecule has 1 aromatic rings. The molecule has 0 aromatic heterocycles. The maximum Gasteiger partial charge on any atom is 0.163 e. The molecule has 0 saturated carbocycles. The van der Waals surface area contributed by atoms with Crippen molar-refractivity contribution in [2.24, 2.45) is 5.92 Å². The molecule has 3 nitrogen and oxygen atoms in total. The van der Waals surface area contributed by atoms with E-state index in [4.69, 9.17) is 4.74 Å². The number of Topliss-reactive ketones (excluding diaryl/α,β-unsaturated/α-hetero) is 1. The molecule has 2 rings (SSSR count). The number of methoxy groups -OCH3 is 1. The van der Waals surface area contributed by atoms with E-state index in [1.54, 1.807) is 7.11 Å². The van der Waals surface area contributed by atoms with Gasteiger partial charge in [0.1, 0.15) is 5.75 Å². The number of nitrogens with one attached hydrogen (secondary N) is 1. The molecule has 86 valence electrons. The zero-order valence-corrected chi connectivity index (χ0v) is 9.75. The normalized spacial score (nSPS) is 15.6. The molecule has 0 aliphatic carbocycles. The smallest absolute Gasteiger partial charge is 0.163 e. The lowest BCUT2D eigenvalue weighted by atomic mass is 9.92. The van der Waals surface area contributed by atoms with Crippen LogP contribution in [0.2, 0.25) is 0 Å². The molecule has 1 aliphatic rings. The van der Waals surface area contributed by atoms with Crippen LogP contribution in [0.1, 0.15) is 22.3 Å². The van der Waals surface area contributed by atoms with E-state index in [-0.39, 0.29) is 5.78 Å². The third-order valence-corrected chi connectivity index (χ3v) is 3.07. The molecule has 1 aliphatic heterocycles. The summed E-state index contributed by atoms with van der Waals surface area (Å²) in [6, 6.07) is 5.62. The van der Waals surface area contributed by atoms with Crippen LogP contribution in [-0.4, -0.2) is 26.0 Å². The summed E-state index contributed by atoms with van der Waals surface area (Å²) in [5, 5.41) is 3.18. The van der Waals surface area contributed by atoms with Crippen molar-refractivity contribution in [1.82, 2.24) is 5.32 Å². The Morgan fingerprint density at radius 3 is 2.75 bits per heavy atom. The molecule has 1 N–H and O–H groups in total. The number of ketones is 1. The molecule has 1 fully saturated rings. The maximum atomic E-state index is 12.0. The fourth-order valence-corrected chi connectivity index (χ4v) is 1.94. The zero-order valence-electron chi connectivity index (χ0n) is 9.75. The van der Waals surface area contributed by atoms with E-state index in [1.807, 2.05) is 25.1 Å². The molecular formula is C13H17NO2. The van der Waals surface area contributed by atoms with Gasteiger partial charge in [0.2, 0.25) is 0 Å². The average molecular weight is 219 g/mol. The standard InChI is InChI=1S/C13H17NO2/c1-9-5-11(16-2)3-4-12(9)13(15)6-10-7-14-8-10/h3-5,10,14H,6-8H2,1-2H3. The van der Waals surface area contributed by atoms with Crippen molar-refractivity contribution in [3.63, 3.8) is 0 Å². The second kappa shape index (κ2) is 4.66. The average Bonchev–Trinajstić information content (AvgIpc) is 2.23. The van der Waals surface area contributed by atoms with E-state index < -0.39 is 0 Å². The number of hydrogen-bond donors (Lipinski definition) is 1. The molecule has 0 spiro atoms. The molecule has 0 unspecified atom stereocenters. The second-order valence-corrected chi connectivity index (χ2v) is 4.33. The van der Waals surface area contributed by atoms with Crippen LogP contribution in [0.25, 0.3) is 0 Å². The Bertz CT molecular complexity index is 397. The Morgan fingerprint density at radius 2 is 2.25 bits per heavy atom. The van der Waals surface area contributed by atoms with Gasteiger partial charge in [-0.2, -0.15) is 0 Å². The maximum absolute atomic E-state index is 12.0. The van der Waals surface area contributed by atoms with Crippen molar-refractivity contribution in [3.05, 3.63) is 29.3 Å². The van der Waals surface area contributed by atoms with Crippen molar-refractivity contribution >= 4 is 5.78 Å². The summed E-state index contributed by atoms with van der Waals surface area (Å²) < 4.78 is 5.12. The van der Waals surface area contributed by atoms with Crippen molar-refractivity contribution in [2.45, 2.75) is 13.3 Å².